The fourth-order valence-electron chi connectivity index (χ4n) is 2.55. The van der Waals surface area contributed by atoms with Crippen LogP contribution < -0.4 is 5.32 Å². The van der Waals surface area contributed by atoms with E-state index < -0.39 is 22.6 Å². The van der Waals surface area contributed by atoms with Crippen LogP contribution in [0.1, 0.15) is 42.3 Å². The van der Waals surface area contributed by atoms with Gasteiger partial charge in [0.25, 0.3) is 5.69 Å². The number of rotatable bonds is 5. The number of nitrogens with one attached hydrogen (secondary N) is 1. The number of hydrogen-bond donors (Lipinski definition) is 1. The fourth-order valence-corrected chi connectivity index (χ4v) is 2.55. The van der Waals surface area contributed by atoms with Crippen LogP contribution in [0.3, 0.4) is 0 Å². The second kappa shape index (κ2) is 8.51. The molecular weight excluding hydrogens is 364 g/mol. The maximum absolute atomic E-state index is 12.2. The molecule has 0 radical (unpaired) electrons. The van der Waals surface area contributed by atoms with E-state index in [1.165, 1.54) is 19.2 Å². The summed E-state index contributed by atoms with van der Waals surface area (Å²) in [6.45, 7) is 5.15. The van der Waals surface area contributed by atoms with Crippen LogP contribution in [0.4, 0.5) is 16.2 Å². The Morgan fingerprint density at radius 2 is 1.79 bits per heavy atom. The summed E-state index contributed by atoms with van der Waals surface area (Å²) in [4.78, 5) is 34.7. The van der Waals surface area contributed by atoms with Crippen molar-refractivity contribution in [2.45, 2.75) is 32.8 Å². The molecule has 2 aromatic carbocycles. The van der Waals surface area contributed by atoms with Gasteiger partial charge in [-0.1, -0.05) is 18.2 Å². The zero-order valence-electron chi connectivity index (χ0n) is 16.1. The summed E-state index contributed by atoms with van der Waals surface area (Å²) in [5, 5.41) is 13.7. The highest BCUT2D eigenvalue weighted by Crippen LogP contribution is 2.27. The highest BCUT2D eigenvalue weighted by molar-refractivity contribution is 5.91. The summed E-state index contributed by atoms with van der Waals surface area (Å²) in [6, 6.07) is 11.0. The normalized spacial score (nSPS) is 10.9. The first-order valence-corrected chi connectivity index (χ1v) is 8.54. The van der Waals surface area contributed by atoms with Gasteiger partial charge in [0, 0.05) is 18.6 Å². The lowest BCUT2D eigenvalue weighted by Crippen LogP contribution is -2.27. The molecule has 1 amide bonds. The Morgan fingerprint density at radius 3 is 2.39 bits per heavy atom. The number of carbonyl (C=O) groups excluding carboxylic acids is 2. The largest absolute Gasteiger partial charge is 0.465 e. The maximum Gasteiger partial charge on any atom is 0.412 e. The number of carbonyl (C=O) groups is 2. The van der Waals surface area contributed by atoms with Crippen LogP contribution in [-0.4, -0.2) is 29.7 Å². The second-order valence-electron chi connectivity index (χ2n) is 7.05. The summed E-state index contributed by atoms with van der Waals surface area (Å²) in [5.74, 6) is -0.487. The van der Waals surface area contributed by atoms with Gasteiger partial charge in [0.1, 0.15) is 5.60 Å². The van der Waals surface area contributed by atoms with Crippen LogP contribution >= 0.6 is 0 Å². The lowest BCUT2D eigenvalue weighted by molar-refractivity contribution is -0.384. The van der Waals surface area contributed by atoms with Crippen LogP contribution in [0, 0.1) is 10.1 Å². The number of ether oxygens (including phenoxy) is 2. The first-order chi connectivity index (χ1) is 13.1. The van der Waals surface area contributed by atoms with Gasteiger partial charge >= 0.3 is 12.1 Å². The Balaban J connectivity index is 2.40. The lowest BCUT2D eigenvalue weighted by Gasteiger charge is -2.20. The molecule has 0 bridgehead atoms. The predicted octanol–water partition coefficient (Wildman–Crippen LogP) is 4.32. The van der Waals surface area contributed by atoms with Gasteiger partial charge in [0.2, 0.25) is 0 Å². The number of methoxy groups -OCH3 is 1. The molecule has 0 saturated heterocycles. The van der Waals surface area contributed by atoms with Crippen LogP contribution in [0.5, 0.6) is 0 Å². The average Bonchev–Trinajstić information content (AvgIpc) is 2.61. The Kier molecular flexibility index (Phi) is 6.35. The molecule has 0 fully saturated rings. The molecule has 8 heteroatoms. The van der Waals surface area contributed by atoms with E-state index in [1.54, 1.807) is 51.1 Å². The third-order valence-corrected chi connectivity index (χ3v) is 3.74. The van der Waals surface area contributed by atoms with Crippen molar-refractivity contribution in [1.29, 1.82) is 0 Å². The Hall–Kier alpha value is -3.42. The number of nitro benzene ring substituents is 1. The van der Waals surface area contributed by atoms with Gasteiger partial charge in [-0.15, -0.1) is 0 Å². The summed E-state index contributed by atoms with van der Waals surface area (Å²) in [6.07, 6.45) is -0.468. The second-order valence-corrected chi connectivity index (χ2v) is 7.05. The van der Waals surface area contributed by atoms with E-state index >= 15 is 0 Å². The Morgan fingerprint density at radius 1 is 1.11 bits per heavy atom. The number of non-ortho nitro benzene ring substituents is 1. The Bertz CT molecular complexity index is 902. The molecule has 0 unspecified atom stereocenters. The van der Waals surface area contributed by atoms with Crippen LogP contribution in [0.25, 0.3) is 0 Å². The van der Waals surface area contributed by atoms with Gasteiger partial charge in [-0.3, -0.25) is 15.4 Å². The number of esters is 1. The number of amides is 1. The highest BCUT2D eigenvalue weighted by Gasteiger charge is 2.20. The number of benzene rings is 2. The van der Waals surface area contributed by atoms with Crippen molar-refractivity contribution in [2.24, 2.45) is 0 Å². The van der Waals surface area contributed by atoms with E-state index in [0.717, 1.165) is 0 Å². The molecule has 0 aliphatic heterocycles. The maximum atomic E-state index is 12.2. The zero-order chi connectivity index (χ0) is 20.9. The fraction of sp³-hybridized carbons (Fsp3) is 0.300. The van der Waals surface area contributed by atoms with E-state index in [-0.39, 0.29) is 17.8 Å². The first kappa shape index (κ1) is 20.9. The molecule has 148 valence electrons. The zero-order valence-corrected chi connectivity index (χ0v) is 16.1. The molecule has 0 saturated carbocycles. The summed E-state index contributed by atoms with van der Waals surface area (Å²) in [5.41, 5.74) is 0.983. The minimum Gasteiger partial charge on any atom is -0.465 e. The Labute approximate surface area is 162 Å². The molecular formula is C20H22N2O6. The van der Waals surface area contributed by atoms with E-state index in [1.807, 2.05) is 0 Å². The number of nitro groups is 1. The minimum absolute atomic E-state index is 0.170. The van der Waals surface area contributed by atoms with Crippen molar-refractivity contribution >= 4 is 23.4 Å². The molecule has 0 aliphatic carbocycles. The van der Waals surface area contributed by atoms with E-state index in [9.17, 15) is 19.7 Å². The van der Waals surface area contributed by atoms with Crippen molar-refractivity contribution in [3.8, 4) is 0 Å². The topological polar surface area (TPSA) is 108 Å². The highest BCUT2D eigenvalue weighted by atomic mass is 16.6. The summed E-state index contributed by atoms with van der Waals surface area (Å²) < 4.78 is 10.0. The van der Waals surface area contributed by atoms with Gasteiger partial charge in [-0.05, 0) is 44.0 Å². The molecule has 2 rings (SSSR count). The van der Waals surface area contributed by atoms with Gasteiger partial charge in [-0.2, -0.15) is 0 Å². The number of nitrogens with zero attached hydrogens (tertiary/aromatic N) is 1. The molecule has 0 aromatic heterocycles. The predicted molar refractivity (Wildman–Crippen MR) is 104 cm³/mol. The van der Waals surface area contributed by atoms with Crippen LogP contribution in [-0.2, 0) is 15.9 Å². The standard InChI is InChI=1S/C20H22N2O6/c1-20(2,3)28-19(24)21-17-12-15(22(25)26)10-9-14(17)11-13-7-5-6-8-16(13)18(23)27-4/h5-10,12H,11H2,1-4H3,(H,21,24). The smallest absolute Gasteiger partial charge is 0.412 e. The van der Waals surface area contributed by atoms with Crippen molar-refractivity contribution in [3.05, 3.63) is 69.3 Å². The van der Waals surface area contributed by atoms with Gasteiger partial charge in [0.05, 0.1) is 23.3 Å². The molecule has 8 nitrogen and oxygen atoms in total. The van der Waals surface area contributed by atoms with E-state index in [2.05, 4.69) is 5.32 Å². The lowest BCUT2D eigenvalue weighted by atomic mass is 9.98. The number of anilines is 1. The van der Waals surface area contributed by atoms with Crippen molar-refractivity contribution in [2.75, 3.05) is 12.4 Å². The minimum atomic E-state index is -0.726. The van der Waals surface area contributed by atoms with Gasteiger partial charge in [0.15, 0.2) is 0 Å². The average molecular weight is 386 g/mol. The van der Waals surface area contributed by atoms with Gasteiger partial charge < -0.3 is 9.47 Å². The van der Waals surface area contributed by atoms with Crippen LogP contribution in [0.2, 0.25) is 0 Å². The third-order valence-electron chi connectivity index (χ3n) is 3.74. The van der Waals surface area contributed by atoms with E-state index in [0.29, 0.717) is 16.7 Å². The monoisotopic (exact) mass is 386 g/mol. The molecule has 0 atom stereocenters. The number of hydrogen-bond acceptors (Lipinski definition) is 6. The molecule has 2 aromatic rings. The molecule has 0 spiro atoms. The van der Waals surface area contributed by atoms with E-state index in [4.69, 9.17) is 9.47 Å². The summed E-state index contributed by atoms with van der Waals surface area (Å²) >= 11 is 0. The SMILES string of the molecule is COC(=O)c1ccccc1Cc1ccc([N+](=O)[O-])cc1NC(=O)OC(C)(C)C. The molecule has 0 aliphatic rings. The van der Waals surface area contributed by atoms with Crippen molar-refractivity contribution < 1.29 is 24.0 Å². The molecule has 1 N–H and O–H groups in total. The van der Waals surface area contributed by atoms with Crippen molar-refractivity contribution in [3.63, 3.8) is 0 Å². The third kappa shape index (κ3) is 5.54. The first-order valence-electron chi connectivity index (χ1n) is 8.54. The summed E-state index contributed by atoms with van der Waals surface area (Å²) in [7, 11) is 1.29. The molecule has 0 heterocycles. The van der Waals surface area contributed by atoms with Crippen LogP contribution in [0.15, 0.2) is 42.5 Å². The van der Waals surface area contributed by atoms with Crippen molar-refractivity contribution in [1.82, 2.24) is 0 Å². The quantitative estimate of drug-likeness (QED) is 0.466. The van der Waals surface area contributed by atoms with Gasteiger partial charge in [-0.25, -0.2) is 9.59 Å². The molecule has 28 heavy (non-hydrogen) atoms.